The van der Waals surface area contributed by atoms with Crippen LogP contribution in [0, 0.1) is 5.92 Å². The summed E-state index contributed by atoms with van der Waals surface area (Å²) < 4.78 is 1.42. The molecule has 1 fully saturated rings. The third-order valence-corrected chi connectivity index (χ3v) is 6.38. The molecule has 33 heavy (non-hydrogen) atoms. The van der Waals surface area contributed by atoms with Crippen LogP contribution in [-0.4, -0.2) is 45.8 Å². The second kappa shape index (κ2) is 10.1. The van der Waals surface area contributed by atoms with E-state index in [0.717, 1.165) is 32.1 Å². The second-order valence-electron chi connectivity index (χ2n) is 9.36. The standard InChI is InChI=1S/C24H35N5O4/c1-14(2)15(3)25-19-20(24(33)29(27-22(19)31)16-10-7-6-8-11-16)26-18-13-9-12-17(21(18)30)23(32)28(4)5/h9,12-16,25-26,30H,6-8,10-11H2,1-5H3,(H,27,31)/t15-/m0/s1. The number of para-hydroxylation sites is 1. The molecule has 1 aromatic heterocycles. The number of benzene rings is 1. The fourth-order valence-corrected chi connectivity index (χ4v) is 3.99. The first kappa shape index (κ1) is 24.4. The summed E-state index contributed by atoms with van der Waals surface area (Å²) in [5.74, 6) is -0.427. The van der Waals surface area contributed by atoms with Gasteiger partial charge in [0.1, 0.15) is 11.4 Å². The number of anilines is 3. The van der Waals surface area contributed by atoms with Crippen LogP contribution in [0.2, 0.25) is 0 Å². The summed E-state index contributed by atoms with van der Waals surface area (Å²) in [7, 11) is 3.19. The number of carbonyl (C=O) groups excluding carboxylic acids is 1. The fourth-order valence-electron chi connectivity index (χ4n) is 3.99. The molecule has 1 amide bonds. The highest BCUT2D eigenvalue weighted by atomic mass is 16.3. The van der Waals surface area contributed by atoms with Crippen molar-refractivity contribution in [2.75, 3.05) is 24.7 Å². The minimum absolute atomic E-state index is 0.0570. The van der Waals surface area contributed by atoms with Crippen molar-refractivity contribution in [1.29, 1.82) is 0 Å². The van der Waals surface area contributed by atoms with Gasteiger partial charge in [-0.15, -0.1) is 0 Å². The fraction of sp³-hybridized carbons (Fsp3) is 0.542. The van der Waals surface area contributed by atoms with E-state index >= 15 is 0 Å². The summed E-state index contributed by atoms with van der Waals surface area (Å²) in [5.41, 5.74) is -0.314. The Morgan fingerprint density at radius 2 is 1.79 bits per heavy atom. The number of aromatic hydroxyl groups is 1. The molecule has 4 N–H and O–H groups in total. The number of nitrogens with zero attached hydrogens (tertiary/aromatic N) is 2. The summed E-state index contributed by atoms with van der Waals surface area (Å²) >= 11 is 0. The Hall–Kier alpha value is -3.23. The van der Waals surface area contributed by atoms with E-state index in [4.69, 9.17) is 0 Å². The monoisotopic (exact) mass is 457 g/mol. The number of hydrogen-bond acceptors (Lipinski definition) is 6. The number of phenolic OH excluding ortho intramolecular Hbond substituents is 1. The predicted octanol–water partition coefficient (Wildman–Crippen LogP) is 3.65. The normalized spacial score (nSPS) is 15.3. The number of aromatic nitrogens is 2. The smallest absolute Gasteiger partial charge is 0.291 e. The maximum Gasteiger partial charge on any atom is 0.291 e. The number of aromatic amines is 1. The predicted molar refractivity (Wildman–Crippen MR) is 131 cm³/mol. The lowest BCUT2D eigenvalue weighted by molar-refractivity contribution is 0.0824. The number of nitrogens with one attached hydrogen (secondary N) is 3. The van der Waals surface area contributed by atoms with E-state index in [9.17, 15) is 19.5 Å². The Morgan fingerprint density at radius 3 is 2.39 bits per heavy atom. The molecule has 180 valence electrons. The van der Waals surface area contributed by atoms with Crippen LogP contribution in [0.15, 0.2) is 27.8 Å². The average molecular weight is 458 g/mol. The van der Waals surface area contributed by atoms with Crippen LogP contribution in [0.5, 0.6) is 5.75 Å². The van der Waals surface area contributed by atoms with Crippen LogP contribution in [0.4, 0.5) is 17.1 Å². The summed E-state index contributed by atoms with van der Waals surface area (Å²) in [6.45, 7) is 5.98. The Labute approximate surface area is 193 Å². The molecule has 0 spiro atoms. The van der Waals surface area contributed by atoms with E-state index in [-0.39, 0.29) is 57.8 Å². The molecule has 1 atom stereocenters. The van der Waals surface area contributed by atoms with Crippen molar-refractivity contribution in [3.63, 3.8) is 0 Å². The Bertz CT molecular complexity index is 1110. The van der Waals surface area contributed by atoms with Gasteiger partial charge in [-0.25, -0.2) is 4.68 Å². The van der Waals surface area contributed by atoms with Gasteiger partial charge in [0.05, 0.1) is 17.3 Å². The zero-order valence-corrected chi connectivity index (χ0v) is 20.1. The van der Waals surface area contributed by atoms with Crippen molar-refractivity contribution < 1.29 is 9.90 Å². The summed E-state index contributed by atoms with van der Waals surface area (Å²) in [6.07, 6.45) is 4.77. The van der Waals surface area contributed by atoms with Gasteiger partial charge in [0, 0.05) is 20.1 Å². The van der Waals surface area contributed by atoms with Crippen LogP contribution in [0.1, 0.15) is 69.3 Å². The van der Waals surface area contributed by atoms with Gasteiger partial charge in [-0.05, 0) is 37.8 Å². The van der Waals surface area contributed by atoms with Gasteiger partial charge >= 0.3 is 0 Å². The number of rotatable bonds is 7. The van der Waals surface area contributed by atoms with E-state index in [1.165, 1.54) is 15.6 Å². The Kier molecular flexibility index (Phi) is 7.50. The molecule has 2 aromatic rings. The molecule has 9 nitrogen and oxygen atoms in total. The largest absolute Gasteiger partial charge is 0.505 e. The molecule has 0 radical (unpaired) electrons. The van der Waals surface area contributed by atoms with Crippen LogP contribution in [0.25, 0.3) is 0 Å². The van der Waals surface area contributed by atoms with E-state index in [1.807, 2.05) is 20.8 Å². The maximum absolute atomic E-state index is 13.6. The first-order chi connectivity index (χ1) is 15.6. The van der Waals surface area contributed by atoms with Crippen molar-refractivity contribution >= 4 is 23.0 Å². The summed E-state index contributed by atoms with van der Waals surface area (Å²) in [4.78, 5) is 40.5. The summed E-state index contributed by atoms with van der Waals surface area (Å²) in [5, 5.41) is 19.7. The zero-order chi connectivity index (χ0) is 24.3. The minimum atomic E-state index is -0.407. The van der Waals surface area contributed by atoms with Gasteiger partial charge in [-0.2, -0.15) is 0 Å². The maximum atomic E-state index is 13.6. The van der Waals surface area contributed by atoms with E-state index in [1.54, 1.807) is 26.2 Å². The van der Waals surface area contributed by atoms with Crippen molar-refractivity contribution in [3.05, 3.63) is 44.5 Å². The van der Waals surface area contributed by atoms with Crippen molar-refractivity contribution in [2.24, 2.45) is 5.92 Å². The van der Waals surface area contributed by atoms with E-state index < -0.39 is 5.56 Å². The van der Waals surface area contributed by atoms with Crippen LogP contribution in [-0.2, 0) is 0 Å². The molecular formula is C24H35N5O4. The number of phenols is 1. The molecule has 0 bridgehead atoms. The van der Waals surface area contributed by atoms with E-state index in [2.05, 4.69) is 15.7 Å². The molecule has 1 aromatic carbocycles. The SMILES string of the molecule is CC(C)[C@H](C)Nc1c(Nc2cccc(C(=O)N(C)C)c2O)c(=O)n(C2CCCCC2)[nH]c1=O. The zero-order valence-electron chi connectivity index (χ0n) is 20.1. The van der Waals surface area contributed by atoms with Crippen LogP contribution >= 0.6 is 0 Å². The lowest BCUT2D eigenvalue weighted by Crippen LogP contribution is -2.38. The highest BCUT2D eigenvalue weighted by Crippen LogP contribution is 2.32. The molecule has 0 saturated heterocycles. The van der Waals surface area contributed by atoms with Gasteiger partial charge in [0.2, 0.25) is 0 Å². The number of hydrogen-bond donors (Lipinski definition) is 4. The number of carbonyl (C=O) groups is 1. The molecular weight excluding hydrogens is 422 g/mol. The van der Waals surface area contributed by atoms with Crippen molar-refractivity contribution in [3.8, 4) is 5.75 Å². The van der Waals surface area contributed by atoms with Gasteiger partial charge in [0.25, 0.3) is 17.0 Å². The molecule has 1 aliphatic carbocycles. The topological polar surface area (TPSA) is 119 Å². The first-order valence-electron chi connectivity index (χ1n) is 11.6. The van der Waals surface area contributed by atoms with Gasteiger partial charge in [-0.3, -0.25) is 19.5 Å². The van der Waals surface area contributed by atoms with Crippen molar-refractivity contribution in [2.45, 2.75) is 65.0 Å². The van der Waals surface area contributed by atoms with E-state index in [0.29, 0.717) is 0 Å². The first-order valence-corrected chi connectivity index (χ1v) is 11.6. The van der Waals surface area contributed by atoms with Gasteiger partial charge in [-0.1, -0.05) is 39.2 Å². The molecule has 1 aliphatic rings. The highest BCUT2D eigenvalue weighted by Gasteiger charge is 2.25. The summed E-state index contributed by atoms with van der Waals surface area (Å²) in [6, 6.07) is 4.55. The molecule has 1 saturated carbocycles. The lowest BCUT2D eigenvalue weighted by Gasteiger charge is -2.26. The third-order valence-electron chi connectivity index (χ3n) is 6.38. The molecule has 9 heteroatoms. The molecule has 1 heterocycles. The Morgan fingerprint density at radius 1 is 1.12 bits per heavy atom. The number of H-pyrrole nitrogens is 1. The molecule has 0 unspecified atom stereocenters. The highest BCUT2D eigenvalue weighted by molar-refractivity contribution is 5.98. The third kappa shape index (κ3) is 5.23. The van der Waals surface area contributed by atoms with Gasteiger partial charge < -0.3 is 20.6 Å². The Balaban J connectivity index is 2.13. The van der Waals surface area contributed by atoms with Crippen LogP contribution in [0.3, 0.4) is 0 Å². The molecule has 3 rings (SSSR count). The quantitative estimate of drug-likeness (QED) is 0.471. The van der Waals surface area contributed by atoms with Crippen molar-refractivity contribution in [1.82, 2.24) is 14.7 Å². The molecule has 0 aliphatic heterocycles. The lowest BCUT2D eigenvalue weighted by atomic mass is 9.95. The number of amides is 1. The average Bonchev–Trinajstić information content (AvgIpc) is 2.79. The minimum Gasteiger partial charge on any atom is -0.505 e. The van der Waals surface area contributed by atoms with Crippen LogP contribution < -0.4 is 21.8 Å². The second-order valence-corrected chi connectivity index (χ2v) is 9.36. The van der Waals surface area contributed by atoms with Gasteiger partial charge in [0.15, 0.2) is 5.75 Å².